The van der Waals surface area contributed by atoms with Gasteiger partial charge in [-0.25, -0.2) is 4.98 Å². The summed E-state index contributed by atoms with van der Waals surface area (Å²) in [5.74, 6) is 1.17. The van der Waals surface area contributed by atoms with Crippen molar-refractivity contribution in [1.29, 1.82) is 0 Å². The Morgan fingerprint density at radius 1 is 1.07 bits per heavy atom. The van der Waals surface area contributed by atoms with Crippen LogP contribution in [0.4, 0.5) is 11.5 Å². The average Bonchev–Trinajstić information content (AvgIpc) is 3.13. The summed E-state index contributed by atoms with van der Waals surface area (Å²) in [6, 6.07) is 14.7. The van der Waals surface area contributed by atoms with Gasteiger partial charge in [-0.05, 0) is 49.9 Å². The fourth-order valence-electron chi connectivity index (χ4n) is 4.24. The maximum absolute atomic E-state index is 6.64. The molecule has 1 fully saturated rings. The lowest BCUT2D eigenvalue weighted by molar-refractivity contribution is 0.411. The highest BCUT2D eigenvalue weighted by molar-refractivity contribution is 6.37. The molecule has 29 heavy (non-hydrogen) atoms. The molecule has 6 heteroatoms. The van der Waals surface area contributed by atoms with Crippen molar-refractivity contribution in [2.75, 3.05) is 11.1 Å². The predicted molar refractivity (Wildman–Crippen MR) is 120 cm³/mol. The number of halogens is 1. The Hall–Kier alpha value is -2.76. The van der Waals surface area contributed by atoms with E-state index in [1.165, 1.54) is 0 Å². The van der Waals surface area contributed by atoms with Crippen molar-refractivity contribution in [3.8, 4) is 11.3 Å². The summed E-state index contributed by atoms with van der Waals surface area (Å²) >= 11 is 6.64. The van der Waals surface area contributed by atoms with Crippen molar-refractivity contribution in [3.63, 3.8) is 0 Å². The van der Waals surface area contributed by atoms with E-state index in [-0.39, 0.29) is 0 Å². The van der Waals surface area contributed by atoms with Crippen LogP contribution in [-0.4, -0.2) is 17.1 Å². The minimum absolute atomic E-state index is 0.318. The molecule has 1 aliphatic rings. The minimum Gasteiger partial charge on any atom is -0.456 e. The fraction of sp³-hybridized carbons (Fsp3) is 0.261. The van der Waals surface area contributed by atoms with E-state index in [4.69, 9.17) is 27.5 Å². The van der Waals surface area contributed by atoms with E-state index < -0.39 is 0 Å². The van der Waals surface area contributed by atoms with E-state index >= 15 is 0 Å². The minimum atomic E-state index is 0.318. The van der Waals surface area contributed by atoms with Gasteiger partial charge >= 0.3 is 0 Å². The van der Waals surface area contributed by atoms with Crippen LogP contribution in [0.25, 0.3) is 33.1 Å². The van der Waals surface area contributed by atoms with Crippen molar-refractivity contribution < 1.29 is 4.42 Å². The van der Waals surface area contributed by atoms with Gasteiger partial charge in [-0.3, -0.25) is 0 Å². The lowest BCUT2D eigenvalue weighted by Crippen LogP contribution is -2.32. The van der Waals surface area contributed by atoms with Gasteiger partial charge in [0.2, 0.25) is 0 Å². The number of nitrogens with one attached hydrogen (secondary N) is 1. The van der Waals surface area contributed by atoms with Crippen LogP contribution in [0.1, 0.15) is 25.7 Å². The summed E-state index contributed by atoms with van der Waals surface area (Å²) < 4.78 is 6.09. The Labute approximate surface area is 174 Å². The van der Waals surface area contributed by atoms with Gasteiger partial charge in [-0.2, -0.15) is 0 Å². The second-order valence-electron chi connectivity index (χ2n) is 7.84. The molecule has 2 aromatic heterocycles. The molecule has 0 spiro atoms. The summed E-state index contributed by atoms with van der Waals surface area (Å²) in [5, 5.41) is 6.94. The molecule has 0 radical (unpaired) electrons. The molecular weight excluding hydrogens is 384 g/mol. The van der Waals surface area contributed by atoms with Crippen LogP contribution in [0.2, 0.25) is 5.02 Å². The second-order valence-corrected chi connectivity index (χ2v) is 8.25. The third-order valence-corrected chi connectivity index (χ3v) is 6.10. The standard InChI is InChI=1S/C23H23ClN4O/c24-19-11-16(28-15-7-5-14(25)6-8-15)10-17-18(12-27-23(26)22(17)19)21-9-13-3-1-2-4-20(13)29-21/h1-4,9-12,14-15,28H,5-8,25H2,(H2,26,27)/t14-,15-. The average molecular weight is 407 g/mol. The van der Waals surface area contributed by atoms with E-state index in [1.54, 1.807) is 6.20 Å². The van der Waals surface area contributed by atoms with Gasteiger partial charge in [0.25, 0.3) is 0 Å². The number of hydrogen-bond donors (Lipinski definition) is 3. The van der Waals surface area contributed by atoms with E-state index in [0.717, 1.165) is 64.4 Å². The van der Waals surface area contributed by atoms with E-state index in [2.05, 4.69) is 16.4 Å². The number of nitrogens with two attached hydrogens (primary N) is 2. The predicted octanol–water partition coefficient (Wildman–Crippen LogP) is 5.57. The van der Waals surface area contributed by atoms with Crippen molar-refractivity contribution >= 4 is 44.8 Å². The number of pyridine rings is 1. The molecule has 1 saturated carbocycles. The molecule has 0 saturated heterocycles. The highest BCUT2D eigenvalue weighted by atomic mass is 35.5. The van der Waals surface area contributed by atoms with Gasteiger partial charge in [0.05, 0.1) is 5.02 Å². The molecule has 148 valence electrons. The zero-order chi connectivity index (χ0) is 20.0. The van der Waals surface area contributed by atoms with Crippen LogP contribution in [0.5, 0.6) is 0 Å². The zero-order valence-electron chi connectivity index (χ0n) is 16.0. The number of para-hydroxylation sites is 1. The summed E-state index contributed by atoms with van der Waals surface area (Å²) in [6.45, 7) is 0. The number of furan rings is 1. The fourth-order valence-corrected chi connectivity index (χ4v) is 4.56. The van der Waals surface area contributed by atoms with Gasteiger partial charge in [0.1, 0.15) is 17.2 Å². The number of nitrogens with zero attached hydrogens (tertiary/aromatic N) is 1. The van der Waals surface area contributed by atoms with Crippen LogP contribution >= 0.6 is 11.6 Å². The van der Waals surface area contributed by atoms with Crippen molar-refractivity contribution in [2.24, 2.45) is 5.73 Å². The maximum atomic E-state index is 6.64. The first-order chi connectivity index (χ1) is 14.1. The monoisotopic (exact) mass is 406 g/mol. The number of anilines is 2. The number of benzene rings is 2. The lowest BCUT2D eigenvalue weighted by Gasteiger charge is -2.28. The Kier molecular flexibility index (Phi) is 4.57. The molecule has 2 heterocycles. The van der Waals surface area contributed by atoms with E-state index in [9.17, 15) is 0 Å². The van der Waals surface area contributed by atoms with Gasteiger partial charge in [-0.15, -0.1) is 0 Å². The van der Waals surface area contributed by atoms with Crippen molar-refractivity contribution in [2.45, 2.75) is 37.8 Å². The van der Waals surface area contributed by atoms with E-state index in [1.807, 2.05) is 36.4 Å². The third-order valence-electron chi connectivity index (χ3n) is 5.80. The van der Waals surface area contributed by atoms with Crippen LogP contribution in [0, 0.1) is 0 Å². The number of fused-ring (bicyclic) bond motifs is 2. The van der Waals surface area contributed by atoms with Crippen LogP contribution < -0.4 is 16.8 Å². The molecule has 0 bridgehead atoms. The topological polar surface area (TPSA) is 90.1 Å². The molecule has 1 aliphatic carbocycles. The molecule has 5 rings (SSSR count). The molecular formula is C23H23ClN4O. The third kappa shape index (κ3) is 3.41. The molecule has 0 amide bonds. The highest BCUT2D eigenvalue weighted by Gasteiger charge is 2.20. The number of nitrogen functional groups attached to an aromatic ring is 1. The summed E-state index contributed by atoms with van der Waals surface area (Å²) in [7, 11) is 0. The Morgan fingerprint density at radius 3 is 2.66 bits per heavy atom. The zero-order valence-corrected chi connectivity index (χ0v) is 16.7. The van der Waals surface area contributed by atoms with E-state index in [0.29, 0.717) is 22.9 Å². The SMILES string of the molecule is Nc1ncc(-c2cc3ccccc3o2)c2cc(N[C@H]3CC[C@H](N)CC3)cc(Cl)c12. The largest absolute Gasteiger partial charge is 0.456 e. The van der Waals surface area contributed by atoms with Crippen LogP contribution in [-0.2, 0) is 0 Å². The van der Waals surface area contributed by atoms with Crippen LogP contribution in [0.3, 0.4) is 0 Å². The Balaban J connectivity index is 1.60. The van der Waals surface area contributed by atoms with Gasteiger partial charge in [0.15, 0.2) is 0 Å². The second kappa shape index (κ2) is 7.25. The van der Waals surface area contributed by atoms with Crippen molar-refractivity contribution in [1.82, 2.24) is 4.98 Å². The smallest absolute Gasteiger partial charge is 0.137 e. The van der Waals surface area contributed by atoms with Crippen LogP contribution in [0.15, 0.2) is 53.1 Å². The number of hydrogen-bond acceptors (Lipinski definition) is 5. The number of rotatable bonds is 3. The molecule has 0 atom stereocenters. The summed E-state index contributed by atoms with van der Waals surface area (Å²) in [5.41, 5.74) is 14.9. The van der Waals surface area contributed by atoms with Gasteiger partial charge < -0.3 is 21.2 Å². The molecule has 4 aromatic rings. The quantitative estimate of drug-likeness (QED) is 0.414. The van der Waals surface area contributed by atoms with Gasteiger partial charge in [0, 0.05) is 45.7 Å². The molecule has 0 unspecified atom stereocenters. The summed E-state index contributed by atoms with van der Waals surface area (Å²) in [4.78, 5) is 4.37. The normalized spacial score (nSPS) is 19.7. The lowest BCUT2D eigenvalue weighted by atomic mass is 9.91. The number of aromatic nitrogens is 1. The molecule has 2 aromatic carbocycles. The van der Waals surface area contributed by atoms with Crippen molar-refractivity contribution in [3.05, 3.63) is 53.7 Å². The molecule has 5 nitrogen and oxygen atoms in total. The first-order valence-electron chi connectivity index (χ1n) is 9.97. The summed E-state index contributed by atoms with van der Waals surface area (Å²) in [6.07, 6.45) is 5.97. The Morgan fingerprint density at radius 2 is 1.86 bits per heavy atom. The first kappa shape index (κ1) is 18.3. The Bertz CT molecular complexity index is 1160. The highest BCUT2D eigenvalue weighted by Crippen LogP contribution is 2.39. The molecule has 5 N–H and O–H groups in total. The molecule has 0 aliphatic heterocycles. The first-order valence-corrected chi connectivity index (χ1v) is 10.3. The van der Waals surface area contributed by atoms with Gasteiger partial charge in [-0.1, -0.05) is 29.8 Å². The maximum Gasteiger partial charge on any atom is 0.137 e.